The van der Waals surface area contributed by atoms with Crippen LogP contribution in [0.15, 0.2) is 42.6 Å². The van der Waals surface area contributed by atoms with E-state index in [0.29, 0.717) is 6.54 Å². The monoisotopic (exact) mass is 270 g/mol. The van der Waals surface area contributed by atoms with Crippen LogP contribution in [0.25, 0.3) is 0 Å². The summed E-state index contributed by atoms with van der Waals surface area (Å²) in [5.41, 5.74) is 8.31. The molecule has 1 aromatic carbocycles. The van der Waals surface area contributed by atoms with Crippen molar-refractivity contribution in [1.29, 1.82) is 0 Å². The maximum absolute atomic E-state index is 12.0. The molecule has 0 saturated heterocycles. The van der Waals surface area contributed by atoms with Crippen LogP contribution in [0.4, 0.5) is 10.5 Å². The van der Waals surface area contributed by atoms with E-state index in [9.17, 15) is 4.79 Å². The largest absolute Gasteiger partial charge is 0.399 e. The molecule has 2 amide bonds. The molecular weight excluding hydrogens is 252 g/mol. The number of H-pyrrole nitrogens is 1. The molecular formula is C15H18N4O. The van der Waals surface area contributed by atoms with Crippen LogP contribution in [0.2, 0.25) is 0 Å². The number of amides is 2. The highest BCUT2D eigenvalue weighted by Gasteiger charge is 2.45. The Morgan fingerprint density at radius 2 is 2.00 bits per heavy atom. The van der Waals surface area contributed by atoms with E-state index >= 15 is 0 Å². The molecule has 5 N–H and O–H groups in total. The van der Waals surface area contributed by atoms with Crippen LogP contribution in [0.1, 0.15) is 24.1 Å². The third kappa shape index (κ3) is 2.61. The Kier molecular flexibility index (Phi) is 3.10. The van der Waals surface area contributed by atoms with Gasteiger partial charge in [0.15, 0.2) is 0 Å². The first-order chi connectivity index (χ1) is 9.68. The lowest BCUT2D eigenvalue weighted by Gasteiger charge is -2.18. The predicted octanol–water partition coefficient (Wildman–Crippen LogP) is 2.09. The summed E-state index contributed by atoms with van der Waals surface area (Å²) < 4.78 is 0. The van der Waals surface area contributed by atoms with Gasteiger partial charge in [0, 0.05) is 17.6 Å². The number of rotatable bonds is 4. The molecule has 5 heteroatoms. The number of anilines is 1. The van der Waals surface area contributed by atoms with E-state index in [1.165, 1.54) is 0 Å². The van der Waals surface area contributed by atoms with Crippen LogP contribution >= 0.6 is 0 Å². The van der Waals surface area contributed by atoms with Gasteiger partial charge in [0.1, 0.15) is 0 Å². The second kappa shape index (κ2) is 4.92. The highest BCUT2D eigenvalue weighted by molar-refractivity contribution is 5.75. The lowest BCUT2D eigenvalue weighted by atomic mass is 10.0. The second-order valence-corrected chi connectivity index (χ2v) is 5.21. The van der Waals surface area contributed by atoms with Crippen LogP contribution in [0.5, 0.6) is 0 Å². The minimum Gasteiger partial charge on any atom is -0.399 e. The highest BCUT2D eigenvalue weighted by atomic mass is 16.2. The number of aromatic amines is 1. The maximum Gasteiger partial charge on any atom is 0.315 e. The molecule has 3 rings (SSSR count). The molecule has 0 radical (unpaired) electrons. The minimum atomic E-state index is -0.215. The van der Waals surface area contributed by atoms with E-state index in [0.717, 1.165) is 29.8 Å². The number of urea groups is 1. The van der Waals surface area contributed by atoms with Gasteiger partial charge in [-0.15, -0.1) is 0 Å². The van der Waals surface area contributed by atoms with Gasteiger partial charge in [0.25, 0.3) is 0 Å². The van der Waals surface area contributed by atoms with Crippen molar-refractivity contribution in [2.75, 3.05) is 5.73 Å². The summed E-state index contributed by atoms with van der Waals surface area (Å²) in [7, 11) is 0. The Labute approximate surface area is 117 Å². The number of nitrogens with two attached hydrogens (primary N) is 1. The molecule has 0 bridgehead atoms. The number of nitrogen functional groups attached to an aromatic ring is 1. The molecule has 0 spiro atoms. The summed E-state index contributed by atoms with van der Waals surface area (Å²) in [4.78, 5) is 15.0. The quantitative estimate of drug-likeness (QED) is 0.641. The Balaban J connectivity index is 1.59. The fraction of sp³-hybridized carbons (Fsp3) is 0.267. The van der Waals surface area contributed by atoms with Crippen LogP contribution in [-0.4, -0.2) is 11.0 Å². The van der Waals surface area contributed by atoms with E-state index in [4.69, 9.17) is 5.73 Å². The van der Waals surface area contributed by atoms with Gasteiger partial charge in [0.05, 0.1) is 12.1 Å². The summed E-state index contributed by atoms with van der Waals surface area (Å²) >= 11 is 0. The lowest BCUT2D eigenvalue weighted by Crippen LogP contribution is -2.41. The first kappa shape index (κ1) is 12.6. The molecule has 5 nitrogen and oxygen atoms in total. The minimum absolute atomic E-state index is 0.145. The zero-order valence-electron chi connectivity index (χ0n) is 11.1. The normalized spacial score (nSPS) is 15.6. The van der Waals surface area contributed by atoms with E-state index in [-0.39, 0.29) is 11.6 Å². The molecule has 1 heterocycles. The van der Waals surface area contributed by atoms with Gasteiger partial charge in [0.2, 0.25) is 0 Å². The van der Waals surface area contributed by atoms with Gasteiger partial charge in [-0.2, -0.15) is 0 Å². The van der Waals surface area contributed by atoms with Crippen LogP contribution in [-0.2, 0) is 12.1 Å². The van der Waals surface area contributed by atoms with E-state index in [1.807, 2.05) is 42.6 Å². The van der Waals surface area contributed by atoms with E-state index in [2.05, 4.69) is 15.6 Å². The molecule has 1 aliphatic carbocycles. The Bertz CT molecular complexity index is 585. The Hall–Kier alpha value is -2.43. The number of hydrogen-bond acceptors (Lipinski definition) is 2. The molecule has 20 heavy (non-hydrogen) atoms. The average Bonchev–Trinajstić information content (AvgIpc) is 3.03. The fourth-order valence-electron chi connectivity index (χ4n) is 2.33. The van der Waals surface area contributed by atoms with Crippen molar-refractivity contribution in [2.45, 2.75) is 24.9 Å². The van der Waals surface area contributed by atoms with Crippen LogP contribution in [0, 0.1) is 0 Å². The zero-order valence-corrected chi connectivity index (χ0v) is 11.1. The fourth-order valence-corrected chi connectivity index (χ4v) is 2.33. The number of nitrogens with one attached hydrogen (secondary N) is 3. The first-order valence-electron chi connectivity index (χ1n) is 6.72. The predicted molar refractivity (Wildman–Crippen MR) is 77.9 cm³/mol. The third-order valence-corrected chi connectivity index (χ3v) is 3.67. The molecule has 104 valence electrons. The van der Waals surface area contributed by atoms with Crippen molar-refractivity contribution in [3.05, 3.63) is 53.9 Å². The highest BCUT2D eigenvalue weighted by Crippen LogP contribution is 2.45. The van der Waals surface area contributed by atoms with Gasteiger partial charge in [-0.1, -0.05) is 12.1 Å². The molecule has 1 aliphatic rings. The van der Waals surface area contributed by atoms with Crippen molar-refractivity contribution < 1.29 is 4.79 Å². The van der Waals surface area contributed by atoms with Gasteiger partial charge in [-0.3, -0.25) is 0 Å². The van der Waals surface area contributed by atoms with Crippen molar-refractivity contribution in [2.24, 2.45) is 0 Å². The Morgan fingerprint density at radius 1 is 1.25 bits per heavy atom. The molecule has 1 fully saturated rings. The van der Waals surface area contributed by atoms with Gasteiger partial charge in [-0.05, 0) is 42.7 Å². The van der Waals surface area contributed by atoms with Gasteiger partial charge >= 0.3 is 6.03 Å². The number of hydrogen-bond donors (Lipinski definition) is 4. The van der Waals surface area contributed by atoms with Crippen LogP contribution in [0.3, 0.4) is 0 Å². The molecule has 1 aromatic heterocycles. The van der Waals surface area contributed by atoms with E-state index < -0.39 is 0 Å². The molecule has 2 aromatic rings. The molecule has 0 atom stereocenters. The molecule has 0 unspecified atom stereocenters. The smallest absolute Gasteiger partial charge is 0.315 e. The molecule has 1 saturated carbocycles. The van der Waals surface area contributed by atoms with Gasteiger partial charge in [-0.25, -0.2) is 4.79 Å². The molecule has 0 aliphatic heterocycles. The number of aromatic nitrogens is 1. The van der Waals surface area contributed by atoms with Crippen LogP contribution < -0.4 is 16.4 Å². The van der Waals surface area contributed by atoms with Crippen molar-refractivity contribution in [1.82, 2.24) is 15.6 Å². The second-order valence-electron chi connectivity index (χ2n) is 5.21. The standard InChI is InChI=1S/C15H18N4O/c16-12-5-3-11(4-6-12)15(7-8-15)19-14(20)18-10-13-2-1-9-17-13/h1-6,9,17H,7-8,10,16H2,(H2,18,19,20). The topological polar surface area (TPSA) is 82.9 Å². The summed E-state index contributed by atoms with van der Waals surface area (Å²) in [6, 6.07) is 11.4. The van der Waals surface area contributed by atoms with Crippen molar-refractivity contribution in [3.63, 3.8) is 0 Å². The van der Waals surface area contributed by atoms with Crippen molar-refractivity contribution in [3.8, 4) is 0 Å². The Morgan fingerprint density at radius 3 is 2.60 bits per heavy atom. The number of carbonyl (C=O) groups is 1. The average molecular weight is 270 g/mol. The zero-order chi connectivity index (χ0) is 14.0. The third-order valence-electron chi connectivity index (χ3n) is 3.67. The number of benzene rings is 1. The number of carbonyl (C=O) groups excluding carboxylic acids is 1. The van der Waals surface area contributed by atoms with E-state index in [1.54, 1.807) is 0 Å². The first-order valence-corrected chi connectivity index (χ1v) is 6.72. The summed E-state index contributed by atoms with van der Waals surface area (Å²) in [6.07, 6.45) is 3.77. The summed E-state index contributed by atoms with van der Waals surface area (Å²) in [5.74, 6) is 0. The van der Waals surface area contributed by atoms with Crippen molar-refractivity contribution >= 4 is 11.7 Å². The summed E-state index contributed by atoms with van der Waals surface area (Å²) in [6.45, 7) is 0.497. The van der Waals surface area contributed by atoms with Gasteiger partial charge < -0.3 is 21.4 Å². The lowest BCUT2D eigenvalue weighted by molar-refractivity contribution is 0.235. The maximum atomic E-state index is 12.0. The SMILES string of the molecule is Nc1ccc(C2(NC(=O)NCc3ccc[nH]3)CC2)cc1. The summed E-state index contributed by atoms with van der Waals surface area (Å²) in [5, 5.41) is 5.92.